The fourth-order valence-corrected chi connectivity index (χ4v) is 4.04. The minimum Gasteiger partial charge on any atom is -0.456 e. The van der Waals surface area contributed by atoms with Gasteiger partial charge in [0.05, 0.1) is 22.7 Å². The largest absolute Gasteiger partial charge is 0.456 e. The third-order valence-electron chi connectivity index (χ3n) is 3.95. The number of hydrogen-bond donors (Lipinski definition) is 1. The van der Waals surface area contributed by atoms with Gasteiger partial charge in [-0.1, -0.05) is 17.7 Å². The summed E-state index contributed by atoms with van der Waals surface area (Å²) in [5.74, 6) is -0.689. The van der Waals surface area contributed by atoms with Crippen molar-refractivity contribution in [2.45, 2.75) is 71.1 Å². The molecule has 0 saturated heterocycles. The average molecular weight is 451 g/mol. The molecule has 9 heteroatoms. The third kappa shape index (κ3) is 6.58. The van der Waals surface area contributed by atoms with E-state index in [9.17, 15) is 18.0 Å². The van der Waals surface area contributed by atoms with E-state index in [-0.39, 0.29) is 22.7 Å². The molecule has 31 heavy (non-hydrogen) atoms. The predicted molar refractivity (Wildman–Crippen MR) is 116 cm³/mol. The molecule has 0 fully saturated rings. The quantitative estimate of drug-likeness (QED) is 0.690. The lowest BCUT2D eigenvalue weighted by molar-refractivity contribution is 0.00672. The minimum absolute atomic E-state index is 0.0432. The van der Waals surface area contributed by atoms with Crippen molar-refractivity contribution in [2.24, 2.45) is 0 Å². The van der Waals surface area contributed by atoms with Crippen LogP contribution in [0.15, 0.2) is 41.4 Å². The van der Waals surface area contributed by atoms with Gasteiger partial charge in [0, 0.05) is 6.20 Å². The highest BCUT2D eigenvalue weighted by Crippen LogP contribution is 2.23. The summed E-state index contributed by atoms with van der Waals surface area (Å²) in [6.07, 6.45) is 0.545. The molecule has 0 bridgehead atoms. The Labute approximate surface area is 183 Å². The number of alkyl carbamates (subject to hydrolysis) is 1. The number of benzene rings is 1. The Morgan fingerprint density at radius 1 is 0.935 bits per heavy atom. The van der Waals surface area contributed by atoms with Gasteiger partial charge in [-0.15, -0.1) is 0 Å². The lowest BCUT2D eigenvalue weighted by Crippen LogP contribution is -2.33. The first-order valence-corrected chi connectivity index (χ1v) is 11.3. The zero-order valence-corrected chi connectivity index (χ0v) is 19.8. The molecule has 1 heterocycles. The van der Waals surface area contributed by atoms with Gasteiger partial charge in [-0.25, -0.2) is 22.0 Å². The third-order valence-corrected chi connectivity index (χ3v) is 5.68. The molecule has 2 aromatic rings. The van der Waals surface area contributed by atoms with Crippen LogP contribution in [0.5, 0.6) is 0 Å². The highest BCUT2D eigenvalue weighted by Gasteiger charge is 2.28. The number of amides is 1. The number of nitrogens with one attached hydrogen (secondary N) is 1. The van der Waals surface area contributed by atoms with Crippen molar-refractivity contribution in [3.63, 3.8) is 0 Å². The van der Waals surface area contributed by atoms with Crippen molar-refractivity contribution >= 4 is 22.1 Å². The van der Waals surface area contributed by atoms with Crippen molar-refractivity contribution in [2.75, 3.05) is 0 Å². The Bertz CT molecular complexity index is 1050. The maximum absolute atomic E-state index is 13.2. The van der Waals surface area contributed by atoms with E-state index < -0.39 is 33.3 Å². The second-order valence-corrected chi connectivity index (χ2v) is 11.0. The Kier molecular flexibility index (Phi) is 6.90. The van der Waals surface area contributed by atoms with Crippen LogP contribution in [-0.2, 0) is 26.0 Å². The highest BCUT2D eigenvalue weighted by atomic mass is 32.2. The van der Waals surface area contributed by atoms with Gasteiger partial charge in [0.2, 0.25) is 0 Å². The Morgan fingerprint density at radius 2 is 1.48 bits per heavy atom. The summed E-state index contributed by atoms with van der Waals surface area (Å²) in [6.45, 7) is 11.9. The van der Waals surface area contributed by atoms with E-state index in [2.05, 4.69) is 5.32 Å². The molecule has 1 amide bonds. The summed E-state index contributed by atoms with van der Waals surface area (Å²) in [5.41, 5.74) is -0.478. The van der Waals surface area contributed by atoms with Gasteiger partial charge in [-0.3, -0.25) is 0 Å². The van der Waals surface area contributed by atoms with E-state index in [4.69, 9.17) is 9.47 Å². The summed E-state index contributed by atoms with van der Waals surface area (Å²) in [4.78, 5) is 24.9. The normalized spacial score (nSPS) is 12.4. The fourth-order valence-electron chi connectivity index (χ4n) is 2.66. The molecule has 1 aromatic carbocycles. The van der Waals surface area contributed by atoms with Gasteiger partial charge in [-0.05, 0) is 66.7 Å². The summed E-state index contributed by atoms with van der Waals surface area (Å²) in [7, 11) is -4.01. The smallest absolute Gasteiger partial charge is 0.407 e. The lowest BCUT2D eigenvalue weighted by Gasteiger charge is -2.21. The molecule has 0 unspecified atom stereocenters. The van der Waals surface area contributed by atoms with E-state index >= 15 is 0 Å². The topological polar surface area (TPSA) is 104 Å². The minimum atomic E-state index is -4.01. The number of carbonyl (C=O) groups excluding carboxylic acids is 2. The van der Waals surface area contributed by atoms with E-state index in [1.807, 2.05) is 6.92 Å². The number of rotatable bonds is 5. The average Bonchev–Trinajstić information content (AvgIpc) is 3.02. The maximum Gasteiger partial charge on any atom is 0.407 e. The zero-order chi connectivity index (χ0) is 23.6. The summed E-state index contributed by atoms with van der Waals surface area (Å²) in [5, 5.41) is 2.52. The number of hydrogen-bond acceptors (Lipinski definition) is 6. The van der Waals surface area contributed by atoms with Crippen LogP contribution in [0.4, 0.5) is 4.79 Å². The molecule has 0 saturated carbocycles. The number of aromatic nitrogens is 1. The molecule has 0 spiro atoms. The first-order chi connectivity index (χ1) is 14.1. The van der Waals surface area contributed by atoms with Crippen LogP contribution < -0.4 is 5.32 Å². The SMILES string of the molecule is Cc1ccc(S(=O)(=O)n2ccc(C(=O)OC(C)(C)C)c2CNC(=O)OC(C)(C)C)cc1. The van der Waals surface area contributed by atoms with E-state index in [0.29, 0.717) is 0 Å². The second-order valence-electron chi connectivity index (χ2n) is 9.15. The van der Waals surface area contributed by atoms with Crippen molar-refractivity contribution in [1.82, 2.24) is 9.29 Å². The Balaban J connectivity index is 2.47. The van der Waals surface area contributed by atoms with Crippen molar-refractivity contribution in [1.29, 1.82) is 0 Å². The number of aryl methyl sites for hydroxylation is 1. The predicted octanol–water partition coefficient (Wildman–Crippen LogP) is 4.01. The molecular formula is C22H30N2O6S. The van der Waals surface area contributed by atoms with Gasteiger partial charge >= 0.3 is 12.1 Å². The standard InChI is InChI=1S/C22H30N2O6S/c1-15-8-10-16(11-9-15)31(27,28)24-13-12-17(19(25)29-21(2,3)4)18(24)14-23-20(26)30-22(5,6)7/h8-13H,14H2,1-7H3,(H,23,26). The molecule has 0 radical (unpaired) electrons. The molecule has 1 N–H and O–H groups in total. The van der Waals surface area contributed by atoms with Gasteiger partial charge in [0.1, 0.15) is 11.2 Å². The van der Waals surface area contributed by atoms with Crippen LogP contribution in [-0.4, -0.2) is 35.7 Å². The lowest BCUT2D eigenvalue weighted by atomic mass is 10.2. The van der Waals surface area contributed by atoms with E-state index in [0.717, 1.165) is 9.54 Å². The summed E-state index contributed by atoms with van der Waals surface area (Å²) in [6, 6.07) is 7.71. The Hall–Kier alpha value is -2.81. The van der Waals surface area contributed by atoms with Crippen LogP contribution >= 0.6 is 0 Å². The van der Waals surface area contributed by atoms with Gasteiger partial charge in [0.25, 0.3) is 10.0 Å². The van der Waals surface area contributed by atoms with Crippen LogP contribution in [0.25, 0.3) is 0 Å². The number of carbonyl (C=O) groups is 2. The molecule has 1 aromatic heterocycles. The highest BCUT2D eigenvalue weighted by molar-refractivity contribution is 7.90. The monoisotopic (exact) mass is 450 g/mol. The fraction of sp³-hybridized carbons (Fsp3) is 0.455. The van der Waals surface area contributed by atoms with Crippen molar-refractivity contribution in [3.8, 4) is 0 Å². The molecule has 0 aliphatic carbocycles. The first-order valence-electron chi connectivity index (χ1n) is 9.83. The van der Waals surface area contributed by atoms with Crippen LogP contribution in [0.1, 0.15) is 63.2 Å². The van der Waals surface area contributed by atoms with E-state index in [1.54, 1.807) is 53.7 Å². The second kappa shape index (κ2) is 8.74. The molecule has 170 valence electrons. The molecular weight excluding hydrogens is 420 g/mol. The Morgan fingerprint density at radius 3 is 2.00 bits per heavy atom. The first kappa shape index (κ1) is 24.5. The van der Waals surface area contributed by atoms with E-state index in [1.165, 1.54) is 24.4 Å². The molecule has 8 nitrogen and oxygen atoms in total. The molecule has 2 rings (SSSR count). The zero-order valence-electron chi connectivity index (χ0n) is 19.0. The van der Waals surface area contributed by atoms with Gasteiger partial charge < -0.3 is 14.8 Å². The van der Waals surface area contributed by atoms with Crippen LogP contribution in [0.3, 0.4) is 0 Å². The van der Waals surface area contributed by atoms with Crippen molar-refractivity contribution < 1.29 is 27.5 Å². The van der Waals surface area contributed by atoms with Crippen molar-refractivity contribution in [3.05, 3.63) is 53.3 Å². The summed E-state index contributed by atoms with van der Waals surface area (Å²) >= 11 is 0. The number of ether oxygens (including phenoxy) is 2. The van der Waals surface area contributed by atoms with Gasteiger partial charge in [0.15, 0.2) is 0 Å². The van der Waals surface area contributed by atoms with Gasteiger partial charge in [-0.2, -0.15) is 0 Å². The maximum atomic E-state index is 13.2. The van der Waals surface area contributed by atoms with Crippen LogP contribution in [0, 0.1) is 6.92 Å². The number of nitrogens with zero attached hydrogens (tertiary/aromatic N) is 1. The molecule has 0 atom stereocenters. The molecule has 0 aliphatic heterocycles. The van der Waals surface area contributed by atoms with Crippen LogP contribution in [0.2, 0.25) is 0 Å². The number of esters is 1. The molecule has 0 aliphatic rings. The summed E-state index contributed by atoms with van der Waals surface area (Å²) < 4.78 is 38.1.